The summed E-state index contributed by atoms with van der Waals surface area (Å²) in [5, 5.41) is 2.58. The molecule has 37 heavy (non-hydrogen) atoms. The molecule has 0 aliphatic heterocycles. The van der Waals surface area contributed by atoms with E-state index >= 15 is 0 Å². The molecule has 196 valence electrons. The minimum Gasteiger partial charge on any atom is -0.357 e. The average Bonchev–Trinajstić information content (AvgIpc) is 2.86. The van der Waals surface area contributed by atoms with Crippen LogP contribution in [0.25, 0.3) is 0 Å². The number of hydrogen-bond donors (Lipinski definition) is 1. The fourth-order valence-corrected chi connectivity index (χ4v) is 5.09. The van der Waals surface area contributed by atoms with E-state index in [1.165, 1.54) is 11.9 Å². The summed E-state index contributed by atoms with van der Waals surface area (Å²) in [7, 11) is -2.63. The molecule has 0 radical (unpaired) electrons. The lowest BCUT2D eigenvalue weighted by Crippen LogP contribution is -2.52. The van der Waals surface area contributed by atoms with Crippen LogP contribution in [0.4, 0.5) is 14.5 Å². The van der Waals surface area contributed by atoms with E-state index in [9.17, 15) is 26.8 Å². The highest BCUT2D eigenvalue weighted by molar-refractivity contribution is 9.10. The fraction of sp³-hybridized carbons (Fsp3) is 0.231. The van der Waals surface area contributed by atoms with Gasteiger partial charge in [-0.2, -0.15) is 0 Å². The molecule has 11 heteroatoms. The summed E-state index contributed by atoms with van der Waals surface area (Å²) >= 11 is 3.40. The van der Waals surface area contributed by atoms with Crippen molar-refractivity contribution >= 4 is 43.5 Å². The number of benzene rings is 3. The van der Waals surface area contributed by atoms with E-state index in [0.717, 1.165) is 28.4 Å². The van der Waals surface area contributed by atoms with Crippen molar-refractivity contribution in [3.63, 3.8) is 0 Å². The lowest BCUT2D eigenvalue weighted by molar-refractivity contribution is -0.139. The Hall–Kier alpha value is -3.31. The van der Waals surface area contributed by atoms with Gasteiger partial charge >= 0.3 is 0 Å². The van der Waals surface area contributed by atoms with Gasteiger partial charge in [0.25, 0.3) is 0 Å². The Bertz CT molecular complexity index is 1370. The van der Waals surface area contributed by atoms with Gasteiger partial charge in [-0.05, 0) is 35.4 Å². The van der Waals surface area contributed by atoms with E-state index in [2.05, 4.69) is 21.2 Å². The molecular weight excluding hydrogens is 568 g/mol. The van der Waals surface area contributed by atoms with E-state index in [1.54, 1.807) is 18.2 Å². The first-order chi connectivity index (χ1) is 17.5. The lowest BCUT2D eigenvalue weighted by atomic mass is 10.0. The van der Waals surface area contributed by atoms with E-state index in [0.29, 0.717) is 15.9 Å². The topological polar surface area (TPSA) is 86.8 Å². The Morgan fingerprint density at radius 2 is 1.62 bits per heavy atom. The molecule has 0 bridgehead atoms. The number of anilines is 1. The van der Waals surface area contributed by atoms with Gasteiger partial charge in [0.2, 0.25) is 21.8 Å². The monoisotopic (exact) mass is 593 g/mol. The summed E-state index contributed by atoms with van der Waals surface area (Å²) in [4.78, 5) is 28.0. The van der Waals surface area contributed by atoms with Crippen molar-refractivity contribution in [2.45, 2.75) is 19.0 Å². The Balaban J connectivity index is 2.04. The molecule has 3 rings (SSSR count). The zero-order chi connectivity index (χ0) is 27.2. The fourth-order valence-electron chi connectivity index (χ4n) is 3.81. The second-order valence-corrected chi connectivity index (χ2v) is 11.2. The lowest BCUT2D eigenvalue weighted by Gasteiger charge is -2.33. The van der Waals surface area contributed by atoms with Crippen molar-refractivity contribution in [3.8, 4) is 0 Å². The van der Waals surface area contributed by atoms with Gasteiger partial charge in [0.05, 0.1) is 11.9 Å². The number of carbonyl (C=O) groups is 2. The Morgan fingerprint density at radius 3 is 2.22 bits per heavy atom. The van der Waals surface area contributed by atoms with Crippen molar-refractivity contribution in [1.29, 1.82) is 0 Å². The van der Waals surface area contributed by atoms with Crippen molar-refractivity contribution in [2.24, 2.45) is 0 Å². The number of halogens is 3. The van der Waals surface area contributed by atoms with E-state index in [1.807, 2.05) is 36.4 Å². The molecule has 0 heterocycles. The van der Waals surface area contributed by atoms with Crippen LogP contribution in [-0.2, 0) is 32.6 Å². The summed E-state index contributed by atoms with van der Waals surface area (Å²) in [6.45, 7) is -0.723. The predicted octanol–water partition coefficient (Wildman–Crippen LogP) is 3.88. The maximum atomic E-state index is 13.9. The highest BCUT2D eigenvalue weighted by Crippen LogP contribution is 2.23. The third-order valence-electron chi connectivity index (χ3n) is 5.63. The smallest absolute Gasteiger partial charge is 0.244 e. The average molecular weight is 594 g/mol. The maximum Gasteiger partial charge on any atom is 0.244 e. The van der Waals surface area contributed by atoms with Crippen LogP contribution in [0.15, 0.2) is 77.3 Å². The second kappa shape index (κ2) is 12.3. The van der Waals surface area contributed by atoms with Crippen LogP contribution < -0.4 is 9.62 Å². The third kappa shape index (κ3) is 7.59. The molecule has 1 N–H and O–H groups in total. The van der Waals surface area contributed by atoms with E-state index in [4.69, 9.17) is 0 Å². The molecule has 0 saturated heterocycles. The van der Waals surface area contributed by atoms with Crippen LogP contribution in [0.2, 0.25) is 0 Å². The molecule has 0 saturated carbocycles. The molecule has 0 fully saturated rings. The second-order valence-electron chi connectivity index (χ2n) is 8.34. The van der Waals surface area contributed by atoms with Crippen molar-refractivity contribution < 1.29 is 26.8 Å². The van der Waals surface area contributed by atoms with Crippen LogP contribution in [0, 0.1) is 11.6 Å². The summed E-state index contributed by atoms with van der Waals surface area (Å²) in [5.74, 6) is -3.54. The molecule has 2 amide bonds. The van der Waals surface area contributed by atoms with Gasteiger partial charge < -0.3 is 10.2 Å². The molecule has 0 aliphatic carbocycles. The molecule has 0 spiro atoms. The number of sulfonamides is 1. The first-order valence-corrected chi connectivity index (χ1v) is 13.9. The Morgan fingerprint density at radius 1 is 0.946 bits per heavy atom. The summed E-state index contributed by atoms with van der Waals surface area (Å²) in [5.41, 5.74) is 1.28. The zero-order valence-electron chi connectivity index (χ0n) is 20.2. The third-order valence-corrected chi connectivity index (χ3v) is 7.26. The molecule has 3 aromatic rings. The van der Waals surface area contributed by atoms with Crippen LogP contribution in [0.5, 0.6) is 0 Å². The van der Waals surface area contributed by atoms with Crippen molar-refractivity contribution in [2.75, 3.05) is 24.2 Å². The van der Waals surface area contributed by atoms with Crippen LogP contribution >= 0.6 is 15.9 Å². The quantitative estimate of drug-likeness (QED) is 0.386. The highest BCUT2D eigenvalue weighted by Gasteiger charge is 2.32. The van der Waals surface area contributed by atoms with Crippen LogP contribution in [0.3, 0.4) is 0 Å². The summed E-state index contributed by atoms with van der Waals surface area (Å²) in [6.07, 6.45) is 1.03. The molecule has 7 nitrogen and oxygen atoms in total. The highest BCUT2D eigenvalue weighted by atomic mass is 79.9. The van der Waals surface area contributed by atoms with Crippen LogP contribution in [-0.4, -0.2) is 51.0 Å². The number of nitrogens with zero attached hydrogens (tertiary/aromatic N) is 2. The largest absolute Gasteiger partial charge is 0.357 e. The maximum absolute atomic E-state index is 13.9. The van der Waals surface area contributed by atoms with Gasteiger partial charge in [0.15, 0.2) is 11.6 Å². The molecule has 1 atom stereocenters. The standard InChI is InChI=1S/C26H26BrF2N3O4S/c1-30-26(34)24(14-18-7-4-3-5-8-18)31(16-19-9-6-10-20(27)13-19)25(33)17-32(37(2,35)36)21-11-12-22(28)23(29)15-21/h3-13,15,24H,14,16-17H2,1-2H3,(H,30,34)/t24-/m0/s1. The Labute approximate surface area is 223 Å². The van der Waals surface area contributed by atoms with Crippen molar-refractivity contribution in [1.82, 2.24) is 10.2 Å². The number of amides is 2. The minimum absolute atomic E-state index is 0.00141. The first-order valence-electron chi connectivity index (χ1n) is 11.2. The van der Waals surface area contributed by atoms with Gasteiger partial charge in [-0.25, -0.2) is 17.2 Å². The molecular formula is C26H26BrF2N3O4S. The van der Waals surface area contributed by atoms with Gasteiger partial charge in [0, 0.05) is 30.6 Å². The van der Waals surface area contributed by atoms with Crippen LogP contribution in [0.1, 0.15) is 11.1 Å². The minimum atomic E-state index is -4.08. The summed E-state index contributed by atoms with van der Waals surface area (Å²) in [6, 6.07) is 17.8. The zero-order valence-corrected chi connectivity index (χ0v) is 22.6. The molecule has 0 unspecified atom stereocenters. The number of likely N-dealkylation sites (N-methyl/N-ethyl adjacent to an activating group) is 1. The van der Waals surface area contributed by atoms with Gasteiger partial charge in [-0.1, -0.05) is 58.4 Å². The normalized spacial score (nSPS) is 12.0. The van der Waals surface area contributed by atoms with Gasteiger partial charge in [0.1, 0.15) is 12.6 Å². The SMILES string of the molecule is CNC(=O)[C@H](Cc1ccccc1)N(Cc1cccc(Br)c1)C(=O)CN(c1ccc(F)c(F)c1)S(C)(=O)=O. The Kier molecular flexibility index (Phi) is 9.39. The number of nitrogens with one attached hydrogen (secondary N) is 1. The van der Waals surface area contributed by atoms with Gasteiger partial charge in [-0.15, -0.1) is 0 Å². The van der Waals surface area contributed by atoms with Gasteiger partial charge in [-0.3, -0.25) is 13.9 Å². The number of hydrogen-bond acceptors (Lipinski definition) is 4. The molecule has 0 aromatic heterocycles. The van der Waals surface area contributed by atoms with E-state index < -0.39 is 46.1 Å². The summed E-state index contributed by atoms with van der Waals surface area (Å²) < 4.78 is 54.1. The predicted molar refractivity (Wildman–Crippen MR) is 141 cm³/mol. The van der Waals surface area contributed by atoms with E-state index in [-0.39, 0.29) is 18.7 Å². The number of rotatable bonds is 10. The van der Waals surface area contributed by atoms with Crippen molar-refractivity contribution in [3.05, 3.63) is 100 Å². The molecule has 3 aromatic carbocycles. The molecule has 0 aliphatic rings. The number of carbonyl (C=O) groups excluding carboxylic acids is 2. The first kappa shape index (κ1) is 28.3.